The second-order valence-corrected chi connectivity index (χ2v) is 6.24. The highest BCUT2D eigenvalue weighted by atomic mass is 16.5. The minimum absolute atomic E-state index is 0.383. The monoisotopic (exact) mass is 290 g/mol. The first-order chi connectivity index (χ1) is 10.1. The Balaban J connectivity index is 2.26. The Morgan fingerprint density at radius 2 is 2.19 bits per heavy atom. The van der Waals surface area contributed by atoms with Crippen molar-refractivity contribution in [2.24, 2.45) is 0 Å². The van der Waals surface area contributed by atoms with Crippen molar-refractivity contribution < 1.29 is 4.74 Å². The molecule has 1 N–H and O–H groups in total. The normalized spacial score (nSPS) is 23.0. The van der Waals surface area contributed by atoms with Crippen molar-refractivity contribution >= 4 is 0 Å². The zero-order valence-electron chi connectivity index (χ0n) is 14.1. The first-order valence-electron chi connectivity index (χ1n) is 8.18. The van der Waals surface area contributed by atoms with Gasteiger partial charge in [0, 0.05) is 18.1 Å². The first kappa shape index (κ1) is 16.3. The SMILES string of the molecule is CCCC(C)N(C)C1CCc2ccc(OC)cc2C1NC. The second-order valence-electron chi connectivity index (χ2n) is 6.24. The Hall–Kier alpha value is -1.06. The van der Waals surface area contributed by atoms with Gasteiger partial charge in [0.05, 0.1) is 7.11 Å². The molecule has 0 saturated heterocycles. The molecule has 1 aliphatic rings. The van der Waals surface area contributed by atoms with Crippen LogP contribution in [0.4, 0.5) is 0 Å². The van der Waals surface area contributed by atoms with Crippen molar-refractivity contribution in [1.29, 1.82) is 0 Å². The van der Waals surface area contributed by atoms with E-state index in [2.05, 4.69) is 56.4 Å². The summed E-state index contributed by atoms with van der Waals surface area (Å²) < 4.78 is 5.41. The fourth-order valence-electron chi connectivity index (χ4n) is 3.63. The molecule has 0 bridgehead atoms. The van der Waals surface area contributed by atoms with Gasteiger partial charge in [0.25, 0.3) is 0 Å². The number of ether oxygens (including phenoxy) is 1. The van der Waals surface area contributed by atoms with Crippen LogP contribution in [-0.4, -0.2) is 38.2 Å². The number of nitrogens with zero attached hydrogens (tertiary/aromatic N) is 1. The largest absolute Gasteiger partial charge is 0.497 e. The number of hydrogen-bond acceptors (Lipinski definition) is 3. The second kappa shape index (κ2) is 7.28. The van der Waals surface area contributed by atoms with Crippen LogP contribution in [0.5, 0.6) is 5.75 Å². The van der Waals surface area contributed by atoms with E-state index >= 15 is 0 Å². The van der Waals surface area contributed by atoms with Crippen LogP contribution in [0.25, 0.3) is 0 Å². The summed E-state index contributed by atoms with van der Waals surface area (Å²) >= 11 is 0. The molecule has 0 heterocycles. The molecule has 0 spiro atoms. The number of benzene rings is 1. The van der Waals surface area contributed by atoms with Crippen molar-refractivity contribution in [2.45, 2.75) is 57.7 Å². The third kappa shape index (κ3) is 3.41. The first-order valence-corrected chi connectivity index (χ1v) is 8.18. The molecule has 0 amide bonds. The fourth-order valence-corrected chi connectivity index (χ4v) is 3.63. The van der Waals surface area contributed by atoms with E-state index in [1.54, 1.807) is 7.11 Å². The molecule has 1 aliphatic carbocycles. The van der Waals surface area contributed by atoms with E-state index in [1.807, 2.05) is 0 Å². The third-order valence-electron chi connectivity index (χ3n) is 5.02. The average molecular weight is 290 g/mol. The number of aryl methyl sites for hydroxylation is 1. The number of likely N-dealkylation sites (N-methyl/N-ethyl adjacent to an activating group) is 2. The lowest BCUT2D eigenvalue weighted by atomic mass is 9.82. The average Bonchev–Trinajstić information content (AvgIpc) is 2.52. The quantitative estimate of drug-likeness (QED) is 0.869. The van der Waals surface area contributed by atoms with Gasteiger partial charge in [-0.3, -0.25) is 4.90 Å². The van der Waals surface area contributed by atoms with Crippen LogP contribution >= 0.6 is 0 Å². The van der Waals surface area contributed by atoms with Crippen molar-refractivity contribution in [1.82, 2.24) is 10.2 Å². The number of methoxy groups -OCH3 is 1. The molecular weight excluding hydrogens is 260 g/mol. The maximum Gasteiger partial charge on any atom is 0.119 e. The van der Waals surface area contributed by atoms with Crippen molar-refractivity contribution in [3.8, 4) is 5.75 Å². The van der Waals surface area contributed by atoms with Gasteiger partial charge >= 0.3 is 0 Å². The molecule has 1 aromatic rings. The zero-order valence-corrected chi connectivity index (χ0v) is 14.1. The van der Waals surface area contributed by atoms with E-state index in [4.69, 9.17) is 4.74 Å². The minimum atomic E-state index is 0.383. The van der Waals surface area contributed by atoms with E-state index in [1.165, 1.54) is 30.4 Å². The van der Waals surface area contributed by atoms with Crippen LogP contribution in [-0.2, 0) is 6.42 Å². The number of fused-ring (bicyclic) bond motifs is 1. The van der Waals surface area contributed by atoms with Crippen LogP contribution < -0.4 is 10.1 Å². The van der Waals surface area contributed by atoms with E-state index in [0.717, 1.165) is 12.2 Å². The van der Waals surface area contributed by atoms with Crippen LogP contribution in [0.2, 0.25) is 0 Å². The van der Waals surface area contributed by atoms with Gasteiger partial charge < -0.3 is 10.1 Å². The summed E-state index contributed by atoms with van der Waals surface area (Å²) in [6.45, 7) is 4.61. The predicted molar refractivity (Wildman–Crippen MR) is 89.0 cm³/mol. The number of nitrogens with one attached hydrogen (secondary N) is 1. The fraction of sp³-hybridized carbons (Fsp3) is 0.667. The van der Waals surface area contributed by atoms with Gasteiger partial charge in [-0.05, 0) is 63.5 Å². The van der Waals surface area contributed by atoms with Crippen LogP contribution in [0.3, 0.4) is 0 Å². The molecule has 3 atom stereocenters. The molecule has 3 unspecified atom stereocenters. The van der Waals surface area contributed by atoms with Crippen molar-refractivity contribution in [2.75, 3.05) is 21.2 Å². The summed E-state index contributed by atoms with van der Waals surface area (Å²) in [7, 11) is 6.09. The third-order valence-corrected chi connectivity index (χ3v) is 5.02. The topological polar surface area (TPSA) is 24.5 Å². The number of hydrogen-bond donors (Lipinski definition) is 1. The van der Waals surface area contributed by atoms with E-state index < -0.39 is 0 Å². The summed E-state index contributed by atoms with van der Waals surface area (Å²) in [6.07, 6.45) is 4.88. The lowest BCUT2D eigenvalue weighted by Gasteiger charge is -2.42. The van der Waals surface area contributed by atoms with Crippen molar-refractivity contribution in [3.63, 3.8) is 0 Å². The molecule has 3 nitrogen and oxygen atoms in total. The summed E-state index contributed by atoms with van der Waals surface area (Å²) in [4.78, 5) is 2.56. The molecule has 0 fully saturated rings. The Labute approximate surface area is 129 Å². The van der Waals surface area contributed by atoms with Gasteiger partial charge in [0.15, 0.2) is 0 Å². The predicted octanol–water partition coefficient (Wildman–Crippen LogP) is 3.39. The molecule has 0 aliphatic heterocycles. The Morgan fingerprint density at radius 3 is 2.81 bits per heavy atom. The van der Waals surface area contributed by atoms with Crippen LogP contribution in [0, 0.1) is 0 Å². The summed E-state index contributed by atoms with van der Waals surface area (Å²) in [6, 6.07) is 8.08. The van der Waals surface area contributed by atoms with Gasteiger partial charge in [-0.25, -0.2) is 0 Å². The molecule has 0 saturated carbocycles. The Bertz CT molecular complexity index is 461. The molecule has 1 aromatic carbocycles. The summed E-state index contributed by atoms with van der Waals surface area (Å²) in [5, 5.41) is 3.54. The number of rotatable bonds is 6. The lowest BCUT2D eigenvalue weighted by molar-refractivity contribution is 0.128. The summed E-state index contributed by atoms with van der Waals surface area (Å²) in [5.41, 5.74) is 2.87. The molecule has 0 radical (unpaired) electrons. The van der Waals surface area contributed by atoms with E-state index in [0.29, 0.717) is 18.1 Å². The van der Waals surface area contributed by atoms with Crippen molar-refractivity contribution in [3.05, 3.63) is 29.3 Å². The smallest absolute Gasteiger partial charge is 0.119 e. The summed E-state index contributed by atoms with van der Waals surface area (Å²) in [5.74, 6) is 0.957. The molecule has 3 heteroatoms. The Kier molecular flexibility index (Phi) is 5.65. The maximum atomic E-state index is 5.41. The standard InChI is InChI=1S/C18H30N2O/c1-6-7-13(2)20(4)17-11-9-14-8-10-15(21-5)12-16(14)18(17)19-3/h8,10,12-13,17-19H,6-7,9,11H2,1-5H3. The van der Waals surface area contributed by atoms with Gasteiger partial charge in [0.2, 0.25) is 0 Å². The molecule has 21 heavy (non-hydrogen) atoms. The molecule has 118 valence electrons. The maximum absolute atomic E-state index is 5.41. The molecule has 0 aromatic heterocycles. The van der Waals surface area contributed by atoms with Crippen LogP contribution in [0.1, 0.15) is 50.3 Å². The van der Waals surface area contributed by atoms with Gasteiger partial charge in [-0.2, -0.15) is 0 Å². The van der Waals surface area contributed by atoms with Gasteiger partial charge in [0.1, 0.15) is 5.75 Å². The highest BCUT2D eigenvalue weighted by Crippen LogP contribution is 2.35. The minimum Gasteiger partial charge on any atom is -0.497 e. The highest BCUT2D eigenvalue weighted by Gasteiger charge is 2.32. The van der Waals surface area contributed by atoms with E-state index in [9.17, 15) is 0 Å². The van der Waals surface area contributed by atoms with E-state index in [-0.39, 0.29) is 0 Å². The lowest BCUT2D eigenvalue weighted by Crippen LogP contribution is -2.48. The van der Waals surface area contributed by atoms with Crippen LogP contribution in [0.15, 0.2) is 18.2 Å². The highest BCUT2D eigenvalue weighted by molar-refractivity contribution is 5.40. The van der Waals surface area contributed by atoms with Gasteiger partial charge in [-0.1, -0.05) is 19.4 Å². The Morgan fingerprint density at radius 1 is 1.43 bits per heavy atom. The molecular formula is C18H30N2O. The van der Waals surface area contributed by atoms with Gasteiger partial charge in [-0.15, -0.1) is 0 Å². The zero-order chi connectivity index (χ0) is 15.4. The molecule has 2 rings (SSSR count).